The SMILES string of the molecule is CC1(C)OB(c2cc(C(F)(F)F)nn2-c2ccc(F)cc2)OC1(C)C. The third-order valence-corrected chi connectivity index (χ3v) is 4.59. The number of benzene rings is 1. The van der Waals surface area contributed by atoms with Crippen LogP contribution < -0.4 is 5.59 Å². The Hall–Kier alpha value is -1.87. The van der Waals surface area contributed by atoms with Gasteiger partial charge in [0.25, 0.3) is 0 Å². The first-order chi connectivity index (χ1) is 11.4. The van der Waals surface area contributed by atoms with Crippen LogP contribution in [-0.2, 0) is 15.5 Å². The van der Waals surface area contributed by atoms with Gasteiger partial charge in [-0.1, -0.05) is 0 Å². The van der Waals surface area contributed by atoms with Crippen molar-refractivity contribution in [1.82, 2.24) is 9.78 Å². The zero-order valence-corrected chi connectivity index (χ0v) is 14.2. The van der Waals surface area contributed by atoms with Crippen LogP contribution in [0.25, 0.3) is 5.69 Å². The van der Waals surface area contributed by atoms with E-state index in [1.807, 2.05) is 0 Å². The third-order valence-electron chi connectivity index (χ3n) is 4.59. The summed E-state index contributed by atoms with van der Waals surface area (Å²) in [6, 6.07) is 5.89. The topological polar surface area (TPSA) is 36.3 Å². The molecule has 0 unspecified atom stereocenters. The lowest BCUT2D eigenvalue weighted by Crippen LogP contribution is -2.41. The summed E-state index contributed by atoms with van der Waals surface area (Å²) < 4.78 is 65.3. The second kappa shape index (κ2) is 5.57. The van der Waals surface area contributed by atoms with Gasteiger partial charge in [0, 0.05) is 0 Å². The van der Waals surface area contributed by atoms with Gasteiger partial charge < -0.3 is 9.31 Å². The Morgan fingerprint density at radius 3 is 2.00 bits per heavy atom. The van der Waals surface area contributed by atoms with Crippen LogP contribution in [0.15, 0.2) is 30.3 Å². The summed E-state index contributed by atoms with van der Waals surface area (Å²) in [6.45, 7) is 7.21. The summed E-state index contributed by atoms with van der Waals surface area (Å²) in [4.78, 5) is 0. The van der Waals surface area contributed by atoms with E-state index in [1.165, 1.54) is 12.1 Å². The molecule has 1 fully saturated rings. The number of hydrogen-bond donors (Lipinski definition) is 0. The molecule has 2 aromatic rings. The number of rotatable bonds is 2. The Bertz CT molecular complexity index is 768. The summed E-state index contributed by atoms with van der Waals surface area (Å²) in [6.07, 6.45) is -4.62. The molecule has 9 heteroatoms. The predicted molar refractivity (Wildman–Crippen MR) is 84.2 cm³/mol. The first kappa shape index (κ1) is 17.9. The van der Waals surface area contributed by atoms with Gasteiger partial charge in [0.15, 0.2) is 5.69 Å². The van der Waals surface area contributed by atoms with E-state index in [-0.39, 0.29) is 11.3 Å². The van der Waals surface area contributed by atoms with E-state index in [4.69, 9.17) is 9.31 Å². The molecule has 1 saturated heterocycles. The fraction of sp³-hybridized carbons (Fsp3) is 0.438. The molecule has 3 rings (SSSR count). The molecule has 1 aromatic carbocycles. The van der Waals surface area contributed by atoms with Crippen molar-refractivity contribution in [2.75, 3.05) is 0 Å². The van der Waals surface area contributed by atoms with E-state index in [9.17, 15) is 17.6 Å². The summed E-state index contributed by atoms with van der Waals surface area (Å²) in [5.74, 6) is -0.496. The van der Waals surface area contributed by atoms with Crippen molar-refractivity contribution in [2.24, 2.45) is 0 Å². The Kier molecular flexibility index (Phi) is 4.00. The minimum atomic E-state index is -4.62. The van der Waals surface area contributed by atoms with Crippen LogP contribution in [0.4, 0.5) is 17.6 Å². The molecule has 0 atom stereocenters. The second-order valence-corrected chi connectivity index (χ2v) is 6.93. The zero-order chi connectivity index (χ0) is 18.6. The van der Waals surface area contributed by atoms with Crippen LogP contribution in [0, 0.1) is 5.82 Å². The van der Waals surface area contributed by atoms with Gasteiger partial charge in [-0.15, -0.1) is 0 Å². The lowest BCUT2D eigenvalue weighted by atomic mass is 9.84. The molecule has 134 valence electrons. The van der Waals surface area contributed by atoms with Crippen LogP contribution in [0.5, 0.6) is 0 Å². The number of nitrogens with zero attached hydrogens (tertiary/aromatic N) is 2. The molecule has 0 radical (unpaired) electrons. The Morgan fingerprint density at radius 2 is 1.52 bits per heavy atom. The van der Waals surface area contributed by atoms with Gasteiger partial charge in [-0.05, 0) is 58.0 Å². The standard InChI is InChI=1S/C16H17BF4N2O2/c1-14(2)15(3,4)25-17(24-14)13-9-12(16(19,20)21)22-23(13)11-7-5-10(18)6-8-11/h5-9H,1-4H3. The minimum Gasteiger partial charge on any atom is -0.398 e. The van der Waals surface area contributed by atoms with E-state index in [0.29, 0.717) is 0 Å². The van der Waals surface area contributed by atoms with Crippen LogP contribution in [0.2, 0.25) is 0 Å². The number of hydrogen-bond acceptors (Lipinski definition) is 3. The van der Waals surface area contributed by atoms with E-state index in [0.717, 1.165) is 22.9 Å². The molecule has 1 aliphatic rings. The minimum absolute atomic E-state index is 0.0950. The normalized spacial score (nSPS) is 19.4. The Labute approximate surface area is 142 Å². The number of halogens is 4. The third kappa shape index (κ3) is 3.18. The van der Waals surface area contributed by atoms with Gasteiger partial charge in [0.2, 0.25) is 0 Å². The lowest BCUT2D eigenvalue weighted by molar-refractivity contribution is -0.141. The average Bonchev–Trinajstić information content (AvgIpc) is 2.99. The molecule has 0 spiro atoms. The smallest absolute Gasteiger partial charge is 0.398 e. The molecule has 0 saturated carbocycles. The van der Waals surface area contributed by atoms with Crippen LogP contribution in [0.3, 0.4) is 0 Å². The van der Waals surface area contributed by atoms with Crippen molar-refractivity contribution in [2.45, 2.75) is 45.1 Å². The van der Waals surface area contributed by atoms with Gasteiger partial charge in [-0.2, -0.15) is 18.3 Å². The summed E-state index contributed by atoms with van der Waals surface area (Å²) in [5, 5.41) is 3.63. The lowest BCUT2D eigenvalue weighted by Gasteiger charge is -2.32. The molecular formula is C16H17BF4N2O2. The summed E-state index contributed by atoms with van der Waals surface area (Å²) >= 11 is 0. The maximum atomic E-state index is 13.1. The maximum Gasteiger partial charge on any atom is 0.514 e. The molecule has 0 bridgehead atoms. The number of aromatic nitrogens is 2. The van der Waals surface area contributed by atoms with Crippen molar-refractivity contribution in [1.29, 1.82) is 0 Å². The molecule has 4 nitrogen and oxygen atoms in total. The molecule has 0 N–H and O–H groups in total. The molecule has 0 amide bonds. The molecule has 0 aliphatic carbocycles. The van der Waals surface area contributed by atoms with Crippen LogP contribution in [-0.4, -0.2) is 28.1 Å². The van der Waals surface area contributed by atoms with E-state index >= 15 is 0 Å². The van der Waals surface area contributed by atoms with Crippen molar-refractivity contribution in [3.63, 3.8) is 0 Å². The van der Waals surface area contributed by atoms with Gasteiger partial charge in [0.05, 0.1) is 22.5 Å². The summed E-state index contributed by atoms with van der Waals surface area (Å²) in [7, 11) is -1.03. The quantitative estimate of drug-likeness (QED) is 0.612. The highest BCUT2D eigenvalue weighted by Crippen LogP contribution is 2.37. The summed E-state index contributed by atoms with van der Waals surface area (Å²) in [5.41, 5.74) is -2.12. The molecule has 2 heterocycles. The van der Waals surface area contributed by atoms with Gasteiger partial charge in [-0.25, -0.2) is 9.07 Å². The van der Waals surface area contributed by atoms with Crippen LogP contribution >= 0.6 is 0 Å². The van der Waals surface area contributed by atoms with Crippen molar-refractivity contribution in [3.05, 3.63) is 41.8 Å². The molecular weight excluding hydrogens is 339 g/mol. The van der Waals surface area contributed by atoms with Crippen molar-refractivity contribution in [3.8, 4) is 5.69 Å². The predicted octanol–water partition coefficient (Wildman–Crippen LogP) is 3.33. The highest BCUT2D eigenvalue weighted by molar-refractivity contribution is 6.61. The highest BCUT2D eigenvalue weighted by Gasteiger charge is 2.53. The first-order valence-electron chi connectivity index (χ1n) is 7.69. The average molecular weight is 356 g/mol. The molecule has 25 heavy (non-hydrogen) atoms. The fourth-order valence-electron chi connectivity index (χ4n) is 2.45. The van der Waals surface area contributed by atoms with Gasteiger partial charge in [0.1, 0.15) is 5.82 Å². The largest absolute Gasteiger partial charge is 0.514 e. The maximum absolute atomic E-state index is 13.1. The van der Waals surface area contributed by atoms with Crippen LogP contribution in [0.1, 0.15) is 33.4 Å². The van der Waals surface area contributed by atoms with E-state index in [1.54, 1.807) is 27.7 Å². The van der Waals surface area contributed by atoms with Crippen molar-refractivity contribution < 1.29 is 26.9 Å². The van der Waals surface area contributed by atoms with E-state index < -0.39 is 36.0 Å². The first-order valence-corrected chi connectivity index (χ1v) is 7.69. The molecule has 1 aromatic heterocycles. The fourth-order valence-corrected chi connectivity index (χ4v) is 2.45. The highest BCUT2D eigenvalue weighted by atomic mass is 19.4. The van der Waals surface area contributed by atoms with Gasteiger partial charge in [-0.3, -0.25) is 0 Å². The van der Waals surface area contributed by atoms with Crippen molar-refractivity contribution >= 4 is 12.7 Å². The number of alkyl halides is 3. The van der Waals surface area contributed by atoms with E-state index in [2.05, 4.69) is 5.10 Å². The molecule has 1 aliphatic heterocycles. The Balaban J connectivity index is 2.09. The Morgan fingerprint density at radius 1 is 1.00 bits per heavy atom. The second-order valence-electron chi connectivity index (χ2n) is 6.93. The monoisotopic (exact) mass is 356 g/mol. The van der Waals surface area contributed by atoms with Gasteiger partial charge >= 0.3 is 13.3 Å². The zero-order valence-electron chi connectivity index (χ0n) is 14.2.